The maximum Gasteiger partial charge on any atom is 0.422 e. The van der Waals surface area contributed by atoms with Gasteiger partial charge in [0.05, 0.1) is 3.79 Å². The third kappa shape index (κ3) is 5.40. The van der Waals surface area contributed by atoms with Crippen LogP contribution >= 0.6 is 27.3 Å². The van der Waals surface area contributed by atoms with Gasteiger partial charge in [-0.15, -0.1) is 11.3 Å². The molecule has 0 atom stereocenters. The Morgan fingerprint density at radius 2 is 2.24 bits per heavy atom. The van der Waals surface area contributed by atoms with E-state index in [9.17, 15) is 18.0 Å². The molecule has 1 rings (SSSR count). The highest BCUT2D eigenvalue weighted by Gasteiger charge is 2.30. The average molecular weight is 332 g/mol. The van der Waals surface area contributed by atoms with Gasteiger partial charge in [-0.1, -0.05) is 0 Å². The van der Waals surface area contributed by atoms with Crippen molar-refractivity contribution >= 4 is 33.4 Å². The molecular formula is C9H9BrF3NO2S. The summed E-state index contributed by atoms with van der Waals surface area (Å²) in [6.07, 6.45) is -5.49. The monoisotopic (exact) mass is 331 g/mol. The highest BCUT2D eigenvalue weighted by atomic mass is 79.9. The third-order valence-electron chi connectivity index (χ3n) is 1.71. The van der Waals surface area contributed by atoms with Gasteiger partial charge in [-0.2, -0.15) is 13.2 Å². The van der Waals surface area contributed by atoms with Gasteiger partial charge < -0.3 is 9.64 Å². The SMILES string of the molecule is CN(Cc1csc(Br)c1)C(=O)OCC(F)(F)F. The van der Waals surface area contributed by atoms with E-state index in [0.717, 1.165) is 14.2 Å². The molecule has 1 amide bonds. The Morgan fingerprint density at radius 1 is 1.59 bits per heavy atom. The fourth-order valence-electron chi connectivity index (χ4n) is 1.02. The van der Waals surface area contributed by atoms with Gasteiger partial charge >= 0.3 is 12.3 Å². The first-order chi connectivity index (χ1) is 7.78. The molecule has 0 N–H and O–H groups in total. The quantitative estimate of drug-likeness (QED) is 0.846. The third-order valence-corrected chi connectivity index (χ3v) is 3.27. The fraction of sp³-hybridized carbons (Fsp3) is 0.444. The number of ether oxygens (including phenoxy) is 1. The van der Waals surface area contributed by atoms with Crippen LogP contribution in [0.4, 0.5) is 18.0 Å². The number of rotatable bonds is 3. The topological polar surface area (TPSA) is 29.5 Å². The first kappa shape index (κ1) is 14.3. The molecule has 17 heavy (non-hydrogen) atoms. The standard InChI is InChI=1S/C9H9BrF3NO2S/c1-14(3-6-2-7(10)17-4-6)8(15)16-5-9(11,12)13/h2,4H,3,5H2,1H3. The van der Waals surface area contributed by atoms with Gasteiger partial charge in [-0.05, 0) is 32.9 Å². The molecule has 0 radical (unpaired) electrons. The molecule has 0 aliphatic carbocycles. The van der Waals surface area contributed by atoms with E-state index >= 15 is 0 Å². The molecule has 0 fully saturated rings. The van der Waals surface area contributed by atoms with Gasteiger partial charge in [0.25, 0.3) is 0 Å². The van der Waals surface area contributed by atoms with Crippen molar-refractivity contribution in [3.05, 3.63) is 20.8 Å². The Bertz CT molecular complexity index is 394. The highest BCUT2D eigenvalue weighted by Crippen LogP contribution is 2.22. The number of nitrogens with zero attached hydrogens (tertiary/aromatic N) is 1. The molecule has 1 heterocycles. The zero-order valence-corrected chi connectivity index (χ0v) is 11.2. The summed E-state index contributed by atoms with van der Waals surface area (Å²) in [6.45, 7) is -1.36. The molecule has 96 valence electrons. The van der Waals surface area contributed by atoms with E-state index in [1.54, 1.807) is 11.4 Å². The Hall–Kier alpha value is -0.760. The Balaban J connectivity index is 2.42. The number of halogens is 4. The highest BCUT2D eigenvalue weighted by molar-refractivity contribution is 9.11. The average Bonchev–Trinajstić information content (AvgIpc) is 2.59. The second kappa shape index (κ2) is 5.72. The Labute approximate surface area is 108 Å². The van der Waals surface area contributed by atoms with Gasteiger partial charge in [-0.25, -0.2) is 4.79 Å². The van der Waals surface area contributed by atoms with Crippen LogP contribution in [0.15, 0.2) is 15.2 Å². The molecule has 1 aromatic rings. The number of carbonyl (C=O) groups excluding carboxylic acids is 1. The fourth-order valence-corrected chi connectivity index (χ4v) is 2.22. The number of hydrogen-bond acceptors (Lipinski definition) is 3. The van der Waals surface area contributed by atoms with E-state index in [0.29, 0.717) is 0 Å². The lowest BCUT2D eigenvalue weighted by atomic mass is 10.3. The first-order valence-corrected chi connectivity index (χ1v) is 6.13. The summed E-state index contributed by atoms with van der Waals surface area (Å²) >= 11 is 4.68. The molecule has 0 aromatic carbocycles. The summed E-state index contributed by atoms with van der Waals surface area (Å²) in [7, 11) is 1.38. The van der Waals surface area contributed by atoms with Crippen LogP contribution in [0.2, 0.25) is 0 Å². The molecule has 0 bridgehead atoms. The van der Waals surface area contributed by atoms with Gasteiger partial charge in [0, 0.05) is 13.6 Å². The smallest absolute Gasteiger partial charge is 0.422 e. The van der Waals surface area contributed by atoms with Gasteiger partial charge in [0.15, 0.2) is 6.61 Å². The number of amides is 1. The van der Waals surface area contributed by atoms with Crippen LogP contribution in [0.5, 0.6) is 0 Å². The minimum atomic E-state index is -4.50. The summed E-state index contributed by atoms with van der Waals surface area (Å²) in [5.74, 6) is 0. The number of carbonyl (C=O) groups is 1. The van der Waals surface area contributed by atoms with Gasteiger partial charge in [0.1, 0.15) is 0 Å². The van der Waals surface area contributed by atoms with Crippen LogP contribution in [-0.4, -0.2) is 30.8 Å². The number of hydrogen-bond donors (Lipinski definition) is 0. The van der Waals surface area contributed by atoms with E-state index in [4.69, 9.17) is 0 Å². The summed E-state index contributed by atoms with van der Waals surface area (Å²) in [6, 6.07) is 1.79. The molecule has 0 saturated heterocycles. The van der Waals surface area contributed by atoms with E-state index in [2.05, 4.69) is 20.7 Å². The van der Waals surface area contributed by atoms with Crippen molar-refractivity contribution in [3.63, 3.8) is 0 Å². The second-order valence-corrected chi connectivity index (χ2v) is 5.58. The number of thiophene rings is 1. The molecule has 0 saturated carbocycles. The molecule has 0 aliphatic heterocycles. The van der Waals surface area contributed by atoms with Crippen LogP contribution in [0.1, 0.15) is 5.56 Å². The predicted octanol–water partition coefficient (Wildman–Crippen LogP) is 3.64. The summed E-state index contributed by atoms with van der Waals surface area (Å²) in [4.78, 5) is 12.3. The lowest BCUT2D eigenvalue weighted by molar-refractivity contribution is -0.162. The van der Waals surface area contributed by atoms with Crippen molar-refractivity contribution in [1.82, 2.24) is 4.90 Å². The van der Waals surface area contributed by atoms with Crippen LogP contribution in [-0.2, 0) is 11.3 Å². The molecule has 3 nitrogen and oxygen atoms in total. The Kier molecular flexibility index (Phi) is 4.81. The second-order valence-electron chi connectivity index (χ2n) is 3.28. The van der Waals surface area contributed by atoms with Crippen LogP contribution in [0, 0.1) is 0 Å². The predicted molar refractivity (Wildman–Crippen MR) is 60.9 cm³/mol. The normalized spacial score (nSPS) is 11.4. The van der Waals surface area contributed by atoms with Gasteiger partial charge in [-0.3, -0.25) is 0 Å². The maximum atomic E-state index is 11.8. The molecule has 0 aliphatic rings. The summed E-state index contributed by atoms with van der Waals surface area (Å²) in [5, 5.41) is 1.80. The Morgan fingerprint density at radius 3 is 2.71 bits per heavy atom. The van der Waals surface area contributed by atoms with Crippen LogP contribution in [0.25, 0.3) is 0 Å². The summed E-state index contributed by atoms with van der Waals surface area (Å²) in [5.41, 5.74) is 0.827. The van der Waals surface area contributed by atoms with Crippen molar-refractivity contribution in [1.29, 1.82) is 0 Å². The van der Waals surface area contributed by atoms with E-state index in [-0.39, 0.29) is 6.54 Å². The molecule has 0 unspecified atom stereocenters. The van der Waals surface area contributed by atoms with Crippen molar-refractivity contribution in [3.8, 4) is 0 Å². The molecular weight excluding hydrogens is 323 g/mol. The molecule has 1 aromatic heterocycles. The maximum absolute atomic E-state index is 11.8. The van der Waals surface area contributed by atoms with Crippen LogP contribution < -0.4 is 0 Å². The first-order valence-electron chi connectivity index (χ1n) is 4.45. The van der Waals surface area contributed by atoms with Crippen molar-refractivity contribution in [2.75, 3.05) is 13.7 Å². The van der Waals surface area contributed by atoms with Crippen LogP contribution in [0.3, 0.4) is 0 Å². The largest absolute Gasteiger partial charge is 0.440 e. The van der Waals surface area contributed by atoms with Crippen molar-refractivity contribution in [2.45, 2.75) is 12.7 Å². The minimum absolute atomic E-state index is 0.207. The zero-order chi connectivity index (χ0) is 13.1. The van der Waals surface area contributed by atoms with E-state index in [1.807, 2.05) is 0 Å². The lowest BCUT2D eigenvalue weighted by Crippen LogP contribution is -2.30. The lowest BCUT2D eigenvalue weighted by Gasteiger charge is -2.16. The zero-order valence-electron chi connectivity index (χ0n) is 8.75. The minimum Gasteiger partial charge on any atom is -0.440 e. The summed E-state index contributed by atoms with van der Waals surface area (Å²) < 4.78 is 40.4. The molecule has 0 spiro atoms. The van der Waals surface area contributed by atoms with Gasteiger partial charge in [0.2, 0.25) is 0 Å². The van der Waals surface area contributed by atoms with E-state index in [1.165, 1.54) is 18.4 Å². The van der Waals surface area contributed by atoms with E-state index < -0.39 is 18.9 Å². The number of alkyl halides is 3. The van der Waals surface area contributed by atoms with Crippen molar-refractivity contribution < 1.29 is 22.7 Å². The molecule has 8 heteroatoms. The van der Waals surface area contributed by atoms with Crippen molar-refractivity contribution in [2.24, 2.45) is 0 Å².